The van der Waals surface area contributed by atoms with Gasteiger partial charge in [-0.3, -0.25) is 9.48 Å². The van der Waals surface area contributed by atoms with Crippen LogP contribution in [0, 0.1) is 0 Å². The number of rotatable bonds is 4. The molecule has 1 N–H and O–H groups in total. The molecule has 1 aromatic heterocycles. The molecule has 0 radical (unpaired) electrons. The minimum absolute atomic E-state index is 0.234. The maximum absolute atomic E-state index is 12.2. The minimum Gasteiger partial charge on any atom is -0.480 e. The summed E-state index contributed by atoms with van der Waals surface area (Å²) in [7, 11) is 0. The van der Waals surface area contributed by atoms with Crippen molar-refractivity contribution in [2.24, 2.45) is 0 Å². The molecular weight excluding hydrogens is 234 g/mol. The zero-order valence-corrected chi connectivity index (χ0v) is 10.4. The predicted molar refractivity (Wildman–Crippen MR) is 64.2 cm³/mol. The van der Waals surface area contributed by atoms with E-state index in [1.165, 1.54) is 11.1 Å². The lowest BCUT2D eigenvalue weighted by Gasteiger charge is -2.20. The Bertz CT molecular complexity index is 455. The minimum atomic E-state index is -0.929. The molecular formula is C12H17N3O3. The molecule has 1 aromatic rings. The summed E-state index contributed by atoms with van der Waals surface area (Å²) < 4.78 is 1.71. The lowest BCUT2D eigenvalue weighted by atomic mass is 10.2. The van der Waals surface area contributed by atoms with E-state index in [9.17, 15) is 9.59 Å². The number of hydrogen-bond acceptors (Lipinski definition) is 3. The highest BCUT2D eigenvalue weighted by molar-refractivity contribution is 5.96. The van der Waals surface area contributed by atoms with Gasteiger partial charge in [0.2, 0.25) is 0 Å². The van der Waals surface area contributed by atoms with Gasteiger partial charge < -0.3 is 10.0 Å². The zero-order valence-electron chi connectivity index (χ0n) is 10.4. The maximum Gasteiger partial charge on any atom is 0.326 e. The summed E-state index contributed by atoms with van der Waals surface area (Å²) in [6.07, 6.45) is 5.41. The fourth-order valence-electron chi connectivity index (χ4n) is 2.26. The van der Waals surface area contributed by atoms with Crippen LogP contribution in [0.25, 0.3) is 0 Å². The van der Waals surface area contributed by atoms with Crippen molar-refractivity contribution < 1.29 is 14.7 Å². The number of aryl methyl sites for hydroxylation is 1. The van der Waals surface area contributed by atoms with Crippen LogP contribution in [-0.2, 0) is 11.3 Å². The third-order valence-corrected chi connectivity index (χ3v) is 3.13. The van der Waals surface area contributed by atoms with E-state index in [0.717, 1.165) is 19.4 Å². The molecule has 0 aliphatic carbocycles. The zero-order chi connectivity index (χ0) is 13.1. The van der Waals surface area contributed by atoms with Crippen molar-refractivity contribution in [1.82, 2.24) is 14.7 Å². The number of carboxylic acid groups (broad SMARTS) is 1. The largest absolute Gasteiger partial charge is 0.480 e. The average molecular weight is 251 g/mol. The molecule has 2 heterocycles. The highest BCUT2D eigenvalue weighted by Crippen LogP contribution is 2.20. The van der Waals surface area contributed by atoms with E-state index in [1.807, 2.05) is 6.92 Å². The van der Waals surface area contributed by atoms with Crippen LogP contribution in [0.1, 0.15) is 36.5 Å². The van der Waals surface area contributed by atoms with E-state index in [1.54, 1.807) is 10.9 Å². The Balaban J connectivity index is 2.12. The van der Waals surface area contributed by atoms with Gasteiger partial charge in [0, 0.05) is 19.3 Å². The molecule has 0 bridgehead atoms. The number of aromatic nitrogens is 2. The van der Waals surface area contributed by atoms with Crippen LogP contribution in [0.15, 0.2) is 12.4 Å². The molecule has 1 fully saturated rings. The number of carbonyl (C=O) groups is 2. The van der Waals surface area contributed by atoms with Gasteiger partial charge in [-0.15, -0.1) is 0 Å². The standard InChI is InChI=1S/C12H17N3O3/c1-2-5-14-8-9(7-13-14)11(16)15-6-3-4-10(15)12(17)18/h7-8,10H,2-6H2,1H3,(H,17,18). The molecule has 18 heavy (non-hydrogen) atoms. The quantitative estimate of drug-likeness (QED) is 0.865. The monoisotopic (exact) mass is 251 g/mol. The van der Waals surface area contributed by atoms with Crippen LogP contribution in [-0.4, -0.2) is 44.3 Å². The van der Waals surface area contributed by atoms with Crippen LogP contribution in [0.5, 0.6) is 0 Å². The first-order valence-electron chi connectivity index (χ1n) is 6.19. The van der Waals surface area contributed by atoms with Crippen molar-refractivity contribution in [3.8, 4) is 0 Å². The van der Waals surface area contributed by atoms with E-state index in [-0.39, 0.29) is 5.91 Å². The molecule has 6 nitrogen and oxygen atoms in total. The average Bonchev–Trinajstić information content (AvgIpc) is 2.96. The second-order valence-electron chi connectivity index (χ2n) is 4.49. The number of likely N-dealkylation sites (tertiary alicyclic amines) is 1. The maximum atomic E-state index is 12.2. The summed E-state index contributed by atoms with van der Waals surface area (Å²) in [5.41, 5.74) is 0.469. The molecule has 1 aliphatic rings. The first-order chi connectivity index (χ1) is 8.63. The van der Waals surface area contributed by atoms with E-state index < -0.39 is 12.0 Å². The van der Waals surface area contributed by atoms with E-state index >= 15 is 0 Å². The Labute approximate surface area is 105 Å². The van der Waals surface area contributed by atoms with Gasteiger partial charge >= 0.3 is 5.97 Å². The number of hydrogen-bond donors (Lipinski definition) is 1. The summed E-state index contributed by atoms with van der Waals surface area (Å²) in [5.74, 6) is -1.16. The molecule has 1 aliphatic heterocycles. The molecule has 6 heteroatoms. The summed E-state index contributed by atoms with van der Waals surface area (Å²) in [4.78, 5) is 24.7. The fraction of sp³-hybridized carbons (Fsp3) is 0.583. The molecule has 1 atom stereocenters. The van der Waals surface area contributed by atoms with Gasteiger partial charge in [-0.05, 0) is 19.3 Å². The second kappa shape index (κ2) is 5.20. The highest BCUT2D eigenvalue weighted by atomic mass is 16.4. The van der Waals surface area contributed by atoms with Crippen molar-refractivity contribution >= 4 is 11.9 Å². The molecule has 1 amide bonds. The third kappa shape index (κ3) is 2.37. The van der Waals surface area contributed by atoms with Gasteiger partial charge in [-0.1, -0.05) is 6.92 Å². The summed E-state index contributed by atoms with van der Waals surface area (Å²) in [5, 5.41) is 13.1. The number of aliphatic carboxylic acids is 1. The summed E-state index contributed by atoms with van der Waals surface area (Å²) in [6.45, 7) is 3.30. The van der Waals surface area contributed by atoms with Gasteiger partial charge in [-0.2, -0.15) is 5.10 Å². The smallest absolute Gasteiger partial charge is 0.326 e. The molecule has 0 saturated carbocycles. The topological polar surface area (TPSA) is 75.4 Å². The van der Waals surface area contributed by atoms with Crippen molar-refractivity contribution in [2.45, 2.75) is 38.8 Å². The summed E-state index contributed by atoms with van der Waals surface area (Å²) >= 11 is 0. The van der Waals surface area contributed by atoms with E-state index in [0.29, 0.717) is 18.5 Å². The Morgan fingerprint density at radius 2 is 2.33 bits per heavy atom. The Hall–Kier alpha value is -1.85. The molecule has 1 unspecified atom stereocenters. The lowest BCUT2D eigenvalue weighted by molar-refractivity contribution is -0.141. The SMILES string of the molecule is CCCn1cc(C(=O)N2CCCC2C(=O)O)cn1. The van der Waals surface area contributed by atoms with Crippen LogP contribution in [0.4, 0.5) is 0 Å². The molecule has 2 rings (SSSR count). The van der Waals surface area contributed by atoms with Crippen molar-refractivity contribution in [1.29, 1.82) is 0 Å². The van der Waals surface area contributed by atoms with Gasteiger partial charge in [0.05, 0.1) is 11.8 Å². The molecule has 98 valence electrons. The Morgan fingerprint density at radius 3 is 3.00 bits per heavy atom. The van der Waals surface area contributed by atoms with Gasteiger partial charge in [-0.25, -0.2) is 4.79 Å². The first kappa shape index (κ1) is 12.6. The van der Waals surface area contributed by atoms with E-state index in [2.05, 4.69) is 5.10 Å². The number of nitrogens with zero attached hydrogens (tertiary/aromatic N) is 3. The van der Waals surface area contributed by atoms with Gasteiger partial charge in [0.1, 0.15) is 6.04 Å². The second-order valence-corrected chi connectivity index (χ2v) is 4.49. The number of carbonyl (C=O) groups excluding carboxylic acids is 1. The van der Waals surface area contributed by atoms with Gasteiger partial charge in [0.25, 0.3) is 5.91 Å². The Morgan fingerprint density at radius 1 is 1.56 bits per heavy atom. The molecule has 1 saturated heterocycles. The van der Waals surface area contributed by atoms with Gasteiger partial charge in [0.15, 0.2) is 0 Å². The lowest BCUT2D eigenvalue weighted by Crippen LogP contribution is -2.40. The summed E-state index contributed by atoms with van der Waals surface area (Å²) in [6, 6.07) is -0.688. The Kier molecular flexibility index (Phi) is 3.64. The fourth-order valence-corrected chi connectivity index (χ4v) is 2.26. The van der Waals surface area contributed by atoms with E-state index in [4.69, 9.17) is 5.11 Å². The molecule has 0 aromatic carbocycles. The molecule has 0 spiro atoms. The van der Waals surface area contributed by atoms with Crippen LogP contribution in [0.2, 0.25) is 0 Å². The van der Waals surface area contributed by atoms with Crippen molar-refractivity contribution in [3.05, 3.63) is 18.0 Å². The van der Waals surface area contributed by atoms with Crippen molar-refractivity contribution in [3.63, 3.8) is 0 Å². The number of amides is 1. The van der Waals surface area contributed by atoms with Crippen LogP contribution < -0.4 is 0 Å². The third-order valence-electron chi connectivity index (χ3n) is 3.13. The normalized spacial score (nSPS) is 19.2. The van der Waals surface area contributed by atoms with Crippen molar-refractivity contribution in [2.75, 3.05) is 6.54 Å². The van der Waals surface area contributed by atoms with Crippen LogP contribution in [0.3, 0.4) is 0 Å². The first-order valence-corrected chi connectivity index (χ1v) is 6.19. The predicted octanol–water partition coefficient (Wildman–Crippen LogP) is 0.982. The van der Waals surface area contributed by atoms with Crippen LogP contribution >= 0.6 is 0 Å². The number of carboxylic acids is 1. The highest BCUT2D eigenvalue weighted by Gasteiger charge is 2.34.